The van der Waals surface area contributed by atoms with Crippen LogP contribution in [0.3, 0.4) is 0 Å². The molecule has 0 bridgehead atoms. The van der Waals surface area contributed by atoms with Crippen LogP contribution in [0.5, 0.6) is 0 Å². The van der Waals surface area contributed by atoms with Gasteiger partial charge in [0.2, 0.25) is 0 Å². The van der Waals surface area contributed by atoms with Gasteiger partial charge in [-0.15, -0.1) is 0 Å². The van der Waals surface area contributed by atoms with Gasteiger partial charge in [-0.1, -0.05) is 41.0 Å². The number of hydrogen-bond donors (Lipinski definition) is 3. The van der Waals surface area contributed by atoms with Crippen molar-refractivity contribution in [1.29, 1.82) is 0 Å². The number of hydrogen-bond acceptors (Lipinski definition) is 5. The number of piperidine rings is 1. The quantitative estimate of drug-likeness (QED) is 0.296. The van der Waals surface area contributed by atoms with E-state index in [4.69, 9.17) is 0 Å². The predicted octanol–water partition coefficient (Wildman–Crippen LogP) is 6.90. The van der Waals surface area contributed by atoms with Crippen LogP contribution in [0.4, 0.5) is 13.2 Å². The zero-order chi connectivity index (χ0) is 32.7. The van der Waals surface area contributed by atoms with Gasteiger partial charge in [-0.05, 0) is 145 Å². The SMILES string of the molecule is CC(C)C1C2CC(C3CCN(CC(O)C4(C)CC4C)CC3)CCC2NC1(C)C1CCCC2N(C)C(C(F)(F)F)NC2(C)C(C)C1. The molecule has 5 nitrogen and oxygen atoms in total. The summed E-state index contributed by atoms with van der Waals surface area (Å²) >= 11 is 0. The number of nitrogens with zero attached hydrogens (tertiary/aromatic N) is 2. The van der Waals surface area contributed by atoms with Crippen LogP contribution in [-0.4, -0.2) is 83.2 Å². The van der Waals surface area contributed by atoms with Crippen molar-refractivity contribution in [2.45, 2.75) is 154 Å². The fourth-order valence-corrected chi connectivity index (χ4v) is 12.2. The molecule has 45 heavy (non-hydrogen) atoms. The highest BCUT2D eigenvalue weighted by atomic mass is 19.4. The van der Waals surface area contributed by atoms with Gasteiger partial charge in [0.25, 0.3) is 0 Å². The van der Waals surface area contributed by atoms with E-state index in [1.165, 1.54) is 32.1 Å². The number of aliphatic hydroxyl groups excluding tert-OH is 1. The van der Waals surface area contributed by atoms with Crippen LogP contribution < -0.4 is 10.6 Å². The maximum atomic E-state index is 14.0. The number of aliphatic hydroxyl groups is 1. The molecule has 0 aromatic heterocycles. The summed E-state index contributed by atoms with van der Waals surface area (Å²) in [5.74, 6) is 4.68. The van der Waals surface area contributed by atoms with Crippen molar-refractivity contribution < 1.29 is 18.3 Å². The molecule has 0 aromatic rings. The highest BCUT2D eigenvalue weighted by molar-refractivity contribution is 5.15. The van der Waals surface area contributed by atoms with Gasteiger partial charge in [0, 0.05) is 29.7 Å². The minimum Gasteiger partial charge on any atom is -0.391 e. The molecule has 3 aliphatic heterocycles. The van der Waals surface area contributed by atoms with Crippen LogP contribution in [0.2, 0.25) is 0 Å². The van der Waals surface area contributed by atoms with Crippen molar-refractivity contribution in [2.24, 2.45) is 52.8 Å². The number of halogens is 3. The molecule has 3 N–H and O–H groups in total. The van der Waals surface area contributed by atoms with Crippen LogP contribution in [0.1, 0.15) is 113 Å². The van der Waals surface area contributed by atoms with Crippen molar-refractivity contribution in [3.05, 3.63) is 0 Å². The Kier molecular flexibility index (Phi) is 9.32. The Morgan fingerprint density at radius 3 is 2.13 bits per heavy atom. The lowest BCUT2D eigenvalue weighted by atomic mass is 9.59. The summed E-state index contributed by atoms with van der Waals surface area (Å²) in [4.78, 5) is 4.11. The first-order valence-corrected chi connectivity index (χ1v) is 18.7. The van der Waals surface area contributed by atoms with E-state index in [0.29, 0.717) is 35.6 Å². The predicted molar refractivity (Wildman–Crippen MR) is 176 cm³/mol. The van der Waals surface area contributed by atoms with E-state index >= 15 is 0 Å². The monoisotopic (exact) mass is 639 g/mol. The second kappa shape index (κ2) is 12.2. The molecule has 0 amide bonds. The Morgan fingerprint density at radius 2 is 1.53 bits per heavy atom. The minimum absolute atomic E-state index is 0.0132. The molecular formula is C37H65F3N4O. The van der Waals surface area contributed by atoms with Crippen LogP contribution in [0.25, 0.3) is 0 Å². The smallest absolute Gasteiger partial charge is 0.391 e. The molecule has 3 heterocycles. The van der Waals surface area contributed by atoms with E-state index < -0.39 is 17.9 Å². The molecule has 6 fully saturated rings. The summed E-state index contributed by atoms with van der Waals surface area (Å²) in [7, 11) is 1.67. The van der Waals surface area contributed by atoms with E-state index in [1.54, 1.807) is 11.9 Å². The van der Waals surface area contributed by atoms with Gasteiger partial charge in [0.15, 0.2) is 6.17 Å². The average Bonchev–Trinajstić information content (AvgIpc) is 3.33. The molecule has 0 aromatic carbocycles. The second-order valence-corrected chi connectivity index (χ2v) is 18.1. The Balaban J connectivity index is 1.11. The zero-order valence-corrected chi connectivity index (χ0v) is 29.6. The van der Waals surface area contributed by atoms with Gasteiger partial charge in [-0.25, -0.2) is 0 Å². The van der Waals surface area contributed by atoms with E-state index in [0.717, 1.165) is 63.6 Å². The highest BCUT2D eigenvalue weighted by Gasteiger charge is 2.61. The number of fused-ring (bicyclic) bond motifs is 2. The lowest BCUT2D eigenvalue weighted by Gasteiger charge is -2.49. The van der Waals surface area contributed by atoms with Crippen LogP contribution in [0.15, 0.2) is 0 Å². The first kappa shape index (κ1) is 34.5. The van der Waals surface area contributed by atoms with Gasteiger partial charge < -0.3 is 15.3 Å². The standard InChI is InChI=1S/C37H65F3N4O/c1-22(2)32-28-19-26(25-14-16-44(17-15-25)21-31(45)34(5)20-24(34)4)12-13-29(28)41-36(32,7)27-10-9-11-30-35(6,23(3)18-27)42-33(43(30)8)37(38,39)40/h22-33,41-42,45H,9-21H2,1-8H3. The fourth-order valence-electron chi connectivity index (χ4n) is 12.2. The number of nitrogens with one attached hydrogen (secondary N) is 2. The molecule has 8 heteroatoms. The zero-order valence-electron chi connectivity index (χ0n) is 29.6. The maximum absolute atomic E-state index is 14.0. The third-order valence-electron chi connectivity index (χ3n) is 15.4. The molecule has 260 valence electrons. The summed E-state index contributed by atoms with van der Waals surface area (Å²) in [6.45, 7) is 19.2. The van der Waals surface area contributed by atoms with Crippen molar-refractivity contribution in [1.82, 2.24) is 20.4 Å². The topological polar surface area (TPSA) is 50.8 Å². The Morgan fingerprint density at radius 1 is 0.867 bits per heavy atom. The molecule has 0 spiro atoms. The minimum atomic E-state index is -4.27. The molecule has 3 saturated carbocycles. The average molecular weight is 639 g/mol. The molecule has 3 aliphatic carbocycles. The number of likely N-dealkylation sites (N-methyl/N-ethyl adjacent to an activating group) is 1. The lowest BCUT2D eigenvalue weighted by Crippen LogP contribution is -2.58. The van der Waals surface area contributed by atoms with Crippen molar-refractivity contribution in [2.75, 3.05) is 26.7 Å². The normalized spacial score (nSPS) is 49.4. The summed E-state index contributed by atoms with van der Waals surface area (Å²) < 4.78 is 42.0. The van der Waals surface area contributed by atoms with Crippen LogP contribution in [-0.2, 0) is 0 Å². The second-order valence-electron chi connectivity index (χ2n) is 18.1. The number of rotatable bonds is 6. The Labute approximate surface area is 272 Å². The first-order chi connectivity index (χ1) is 21.0. The van der Waals surface area contributed by atoms with E-state index in [9.17, 15) is 18.3 Å². The van der Waals surface area contributed by atoms with Gasteiger partial charge in [-0.3, -0.25) is 10.2 Å². The van der Waals surface area contributed by atoms with Gasteiger partial charge in [-0.2, -0.15) is 13.2 Å². The molecule has 0 radical (unpaired) electrons. The molecule has 6 rings (SSSR count). The summed E-state index contributed by atoms with van der Waals surface area (Å²) in [5, 5.41) is 18.3. The van der Waals surface area contributed by atoms with Crippen LogP contribution >= 0.6 is 0 Å². The van der Waals surface area contributed by atoms with Gasteiger partial charge >= 0.3 is 6.18 Å². The Hall–Kier alpha value is -0.410. The van der Waals surface area contributed by atoms with Crippen molar-refractivity contribution in [3.63, 3.8) is 0 Å². The number of β-amino-alcohol motifs (C(OH)–C–C–N with tert-alkyl or cyclic N) is 1. The molecule has 13 atom stereocenters. The van der Waals surface area contributed by atoms with Crippen molar-refractivity contribution in [3.8, 4) is 0 Å². The lowest BCUT2D eigenvalue weighted by molar-refractivity contribution is -0.181. The largest absolute Gasteiger partial charge is 0.417 e. The highest BCUT2D eigenvalue weighted by Crippen LogP contribution is 2.56. The van der Waals surface area contributed by atoms with Gasteiger partial charge in [0.05, 0.1) is 6.10 Å². The first-order valence-electron chi connectivity index (χ1n) is 18.7. The maximum Gasteiger partial charge on any atom is 0.417 e. The number of likely N-dealkylation sites (tertiary alicyclic amines) is 1. The van der Waals surface area contributed by atoms with Crippen molar-refractivity contribution >= 4 is 0 Å². The summed E-state index contributed by atoms with van der Waals surface area (Å²) in [5.41, 5.74) is -0.404. The van der Waals surface area contributed by atoms with E-state index in [2.05, 4.69) is 64.0 Å². The molecule has 6 aliphatic rings. The van der Waals surface area contributed by atoms with E-state index in [-0.39, 0.29) is 29.0 Å². The fraction of sp³-hybridized carbons (Fsp3) is 1.00. The van der Waals surface area contributed by atoms with Gasteiger partial charge in [0.1, 0.15) is 0 Å². The summed E-state index contributed by atoms with van der Waals surface area (Å²) in [6.07, 6.45) is 5.42. The number of alkyl halides is 3. The molecular weight excluding hydrogens is 573 g/mol. The third kappa shape index (κ3) is 6.06. The van der Waals surface area contributed by atoms with Crippen LogP contribution in [0, 0.1) is 52.8 Å². The summed E-state index contributed by atoms with van der Waals surface area (Å²) in [6, 6.07) is 0.466. The Bertz CT molecular complexity index is 1050. The van der Waals surface area contributed by atoms with E-state index in [1.807, 2.05) is 0 Å². The third-order valence-corrected chi connectivity index (χ3v) is 15.4. The molecule has 13 unspecified atom stereocenters. The molecule has 3 saturated heterocycles.